The van der Waals surface area contributed by atoms with Gasteiger partial charge in [0.1, 0.15) is 24.1 Å². The van der Waals surface area contributed by atoms with Crippen molar-refractivity contribution in [2.24, 2.45) is 5.92 Å². The van der Waals surface area contributed by atoms with Crippen molar-refractivity contribution in [2.75, 3.05) is 42.7 Å². The van der Waals surface area contributed by atoms with Crippen LogP contribution in [0.15, 0.2) is 24.3 Å². The Morgan fingerprint density at radius 1 is 0.731 bits per heavy atom. The summed E-state index contributed by atoms with van der Waals surface area (Å²) < 4.78 is 45.9. The van der Waals surface area contributed by atoms with Crippen molar-refractivity contribution in [1.82, 2.24) is 0 Å². The third-order valence-electron chi connectivity index (χ3n) is 9.06. The molecule has 3 radical (unpaired) electrons. The molecule has 1 aliphatic rings. The van der Waals surface area contributed by atoms with Gasteiger partial charge in [-0.05, 0) is 36.6 Å². The summed E-state index contributed by atoms with van der Waals surface area (Å²) in [6.45, 7) is 5.44. The first-order valence-electron chi connectivity index (χ1n) is 16.0. The maximum atomic E-state index is 14.6. The molecule has 3 N–H and O–H groups in total. The van der Waals surface area contributed by atoms with Gasteiger partial charge in [0.25, 0.3) is 0 Å². The Morgan fingerprint density at radius 2 is 1.33 bits per heavy atom. The first-order chi connectivity index (χ1) is 23.5. The Bertz CT molecular complexity index is 1680. The first kappa shape index (κ1) is 50.0. The van der Waals surface area contributed by atoms with Gasteiger partial charge in [0.05, 0.1) is 59.9 Å². The van der Waals surface area contributed by atoms with Gasteiger partial charge < -0.3 is 53.2 Å². The van der Waals surface area contributed by atoms with Gasteiger partial charge in [-0.1, -0.05) is 32.8 Å². The Morgan fingerprint density at radius 3 is 1.85 bits per heavy atom. The molecular weight excluding hydrogens is 1320 g/mol. The predicted octanol–water partition coefficient (Wildman–Crippen LogP) is 4.55. The minimum absolute atomic E-state index is 0. The molecule has 0 aliphatic carbocycles. The predicted molar refractivity (Wildman–Crippen MR) is 179 cm³/mol. The molecule has 1 heterocycles. The van der Waals surface area contributed by atoms with Gasteiger partial charge in [0.15, 0.2) is 28.8 Å². The van der Waals surface area contributed by atoms with Crippen LogP contribution in [0.4, 0.5) is 0 Å². The molecule has 0 aromatic heterocycles. The third-order valence-corrected chi connectivity index (χ3v) is 9.06. The van der Waals surface area contributed by atoms with Crippen molar-refractivity contribution >= 4 is 22.5 Å². The fourth-order valence-corrected chi connectivity index (χ4v) is 6.23. The van der Waals surface area contributed by atoms with Crippen LogP contribution in [0.2, 0.25) is 0 Å². The number of benzene rings is 3. The molecule has 16 heteroatoms. The molecule has 1 fully saturated rings. The average molecular weight is 1370 g/mol. The molecule has 0 spiro atoms. The Balaban J connectivity index is 0.00000451. The first-order valence-corrected chi connectivity index (χ1v) is 16.0. The van der Waals surface area contributed by atoms with Gasteiger partial charge in [0, 0.05) is 155 Å². The summed E-state index contributed by atoms with van der Waals surface area (Å²) in [6.07, 6.45) is -5.91. The maximum Gasteiger partial charge on any atom is 0.339 e. The normalized spacial score (nSPS) is 19.4. The van der Waals surface area contributed by atoms with Gasteiger partial charge in [-0.15, -0.1) is 0 Å². The van der Waals surface area contributed by atoms with Crippen LogP contribution in [0, 0.1) is 138 Å². The van der Waals surface area contributed by atoms with E-state index < -0.39 is 42.5 Å². The van der Waals surface area contributed by atoms with Crippen molar-refractivity contribution in [3.05, 3.63) is 35.4 Å². The fourth-order valence-electron chi connectivity index (χ4n) is 6.23. The molecule has 3 aromatic carbocycles. The van der Waals surface area contributed by atoms with Crippen LogP contribution in [0.5, 0.6) is 34.5 Å². The third kappa shape index (κ3) is 10.1. The molecule has 52 heavy (non-hydrogen) atoms. The van der Waals surface area contributed by atoms with Crippen LogP contribution < -0.4 is 28.4 Å². The number of carbonyl (C=O) groups excluding carboxylic acids is 2. The molecule has 0 bridgehead atoms. The molecule has 277 valence electrons. The van der Waals surface area contributed by atoms with Crippen molar-refractivity contribution in [3.8, 4) is 45.6 Å². The zero-order chi connectivity index (χ0) is 36.2. The standard InChI is InChI=1S/C36H46O13.3Ac/c1-10-18(11-2)14-21(37)27-28(35(41)47-9)25(19-12-13-22(42-4)23(15-19)43-5)26-20(16-24(44-6)33(45-7)34(26)46-8)32(27)49-36-31(40)30(39)29(38)17(3)48-36;;;/h12-13,15-18,29-31,36,38-40H,10-11,14H2,1-9H3;;;/t17-,29-,30+,31-,36+;;;/m1.../s1. The van der Waals surface area contributed by atoms with E-state index in [0.717, 1.165) is 0 Å². The summed E-state index contributed by atoms with van der Waals surface area (Å²) in [5, 5.41) is 32.6. The SMILES string of the molecule is CCC(CC)CC(=O)c1c(C(=O)OC)c(-c2ccc(OC)c(OC)c2)c2c(OC)c(OC)c(OC)cc2c1O[C@@H]1O[C@H](C)[C@@H](O)[C@H](O)[C@H]1O.[Ac].[Ac].[Ac]. The van der Waals surface area contributed by atoms with E-state index in [4.69, 9.17) is 37.9 Å². The molecule has 1 saturated heterocycles. The summed E-state index contributed by atoms with van der Waals surface area (Å²) in [5.41, 5.74) is 0.361. The molecule has 0 amide bonds. The summed E-state index contributed by atoms with van der Waals surface area (Å²) in [4.78, 5) is 28.7. The van der Waals surface area contributed by atoms with Gasteiger partial charge in [0.2, 0.25) is 12.0 Å². The molecule has 0 saturated carbocycles. The van der Waals surface area contributed by atoms with E-state index in [1.807, 2.05) is 13.8 Å². The Kier molecular flexibility index (Phi) is 21.8. The Labute approximate surface area is 411 Å². The number of esters is 1. The zero-order valence-electron chi connectivity index (χ0n) is 31.1. The number of aliphatic hydroxyl groups excluding tert-OH is 3. The Hall–Kier alpha value is 0.0247. The second-order valence-electron chi connectivity index (χ2n) is 11.7. The molecule has 4 rings (SSSR count). The van der Waals surface area contributed by atoms with Crippen LogP contribution in [-0.4, -0.2) is 100 Å². The van der Waals surface area contributed by atoms with Gasteiger partial charge in [-0.3, -0.25) is 4.79 Å². The molecular formula is C36H46Ac3O13. The smallest absolute Gasteiger partial charge is 0.339 e. The van der Waals surface area contributed by atoms with Crippen LogP contribution in [0.3, 0.4) is 0 Å². The average Bonchev–Trinajstić information content (AvgIpc) is 3.12. The van der Waals surface area contributed by atoms with Gasteiger partial charge in [-0.2, -0.15) is 0 Å². The zero-order valence-corrected chi connectivity index (χ0v) is 45.3. The van der Waals surface area contributed by atoms with Crippen LogP contribution >= 0.6 is 0 Å². The number of ether oxygens (including phenoxy) is 8. The number of hydrogen-bond acceptors (Lipinski definition) is 13. The van der Waals surface area contributed by atoms with E-state index in [1.54, 1.807) is 24.3 Å². The second-order valence-corrected chi connectivity index (χ2v) is 11.7. The fraction of sp³-hybridized carbons (Fsp3) is 0.500. The molecule has 0 unspecified atom stereocenters. The largest absolute Gasteiger partial charge is 0.493 e. The monoisotopic (exact) mass is 1370 g/mol. The second kappa shape index (κ2) is 22.7. The van der Waals surface area contributed by atoms with Gasteiger partial charge in [-0.25, -0.2) is 4.79 Å². The number of aliphatic hydroxyl groups is 3. The van der Waals surface area contributed by atoms with Crippen molar-refractivity contribution in [3.63, 3.8) is 0 Å². The van der Waals surface area contributed by atoms with E-state index in [-0.39, 0.29) is 195 Å². The van der Waals surface area contributed by atoms with E-state index in [2.05, 4.69) is 0 Å². The van der Waals surface area contributed by atoms with Crippen LogP contribution in [0.25, 0.3) is 21.9 Å². The molecule has 13 nitrogen and oxygen atoms in total. The number of ketones is 1. The quantitative estimate of drug-likeness (QED) is 0.152. The van der Waals surface area contributed by atoms with Gasteiger partial charge >= 0.3 is 5.97 Å². The van der Waals surface area contributed by atoms with Crippen LogP contribution in [0.1, 0.15) is 60.7 Å². The summed E-state index contributed by atoms with van der Waals surface area (Å²) in [6, 6.07) is 6.57. The molecule has 5 atom stereocenters. The van der Waals surface area contributed by atoms with Crippen molar-refractivity contribution in [2.45, 2.75) is 70.7 Å². The van der Waals surface area contributed by atoms with E-state index in [1.165, 1.54) is 49.6 Å². The van der Waals surface area contributed by atoms with E-state index in [0.29, 0.717) is 29.9 Å². The summed E-state index contributed by atoms with van der Waals surface area (Å²) in [5.74, 6) is -0.237. The van der Waals surface area contributed by atoms with E-state index >= 15 is 0 Å². The molecule has 3 aromatic rings. The number of fused-ring (bicyclic) bond motifs is 1. The number of carbonyl (C=O) groups is 2. The van der Waals surface area contributed by atoms with Crippen molar-refractivity contribution in [1.29, 1.82) is 0 Å². The minimum Gasteiger partial charge on any atom is -0.493 e. The number of Topliss-reactive ketones (excluding diaryl/α,β-unsaturated/α-hetero) is 1. The number of methoxy groups -OCH3 is 6. The van der Waals surface area contributed by atoms with Crippen LogP contribution in [-0.2, 0) is 9.47 Å². The minimum atomic E-state index is -1.74. The maximum absolute atomic E-state index is 14.6. The molecule has 1 aliphatic heterocycles. The number of rotatable bonds is 14. The summed E-state index contributed by atoms with van der Waals surface area (Å²) >= 11 is 0. The van der Waals surface area contributed by atoms with Crippen molar-refractivity contribution < 1.29 is 195 Å². The van der Waals surface area contributed by atoms with E-state index in [9.17, 15) is 24.9 Å². The summed E-state index contributed by atoms with van der Waals surface area (Å²) in [7, 11) is 8.42. The number of hydrogen-bond donors (Lipinski definition) is 3. The topological polar surface area (TPSA) is 169 Å².